The van der Waals surface area contributed by atoms with Crippen molar-refractivity contribution in [1.29, 1.82) is 0 Å². The minimum Gasteiger partial charge on any atom is -0.378 e. The standard InChI is InChI=1S/C10H17N3O3/c11-3-5-14-7-10-12-9(13-16-10)6-8-2-1-4-15-8/h8H,1-7,11H2. The molecule has 6 nitrogen and oxygen atoms in total. The molecule has 0 aromatic carbocycles. The molecule has 16 heavy (non-hydrogen) atoms. The van der Waals surface area contributed by atoms with Crippen LogP contribution in [0.25, 0.3) is 0 Å². The summed E-state index contributed by atoms with van der Waals surface area (Å²) < 4.78 is 15.7. The molecule has 90 valence electrons. The van der Waals surface area contributed by atoms with Gasteiger partial charge < -0.3 is 19.7 Å². The first kappa shape index (κ1) is 11.5. The van der Waals surface area contributed by atoms with Gasteiger partial charge in [0.2, 0.25) is 0 Å². The Kier molecular flexibility index (Phi) is 4.26. The predicted molar refractivity (Wildman–Crippen MR) is 55.7 cm³/mol. The van der Waals surface area contributed by atoms with E-state index in [0.29, 0.717) is 31.5 Å². The topological polar surface area (TPSA) is 83.4 Å². The number of hydrogen-bond donors (Lipinski definition) is 1. The molecule has 6 heteroatoms. The summed E-state index contributed by atoms with van der Waals surface area (Å²) in [5.41, 5.74) is 5.30. The summed E-state index contributed by atoms with van der Waals surface area (Å²) in [5, 5.41) is 3.88. The summed E-state index contributed by atoms with van der Waals surface area (Å²) in [6.45, 7) is 2.17. The predicted octanol–water partition coefficient (Wildman–Crippen LogP) is 0.266. The second kappa shape index (κ2) is 5.93. The fourth-order valence-corrected chi connectivity index (χ4v) is 1.68. The third-order valence-electron chi connectivity index (χ3n) is 2.43. The first-order chi connectivity index (χ1) is 7.88. The maximum atomic E-state index is 5.50. The summed E-state index contributed by atoms with van der Waals surface area (Å²) >= 11 is 0. The zero-order chi connectivity index (χ0) is 11.2. The molecule has 1 aromatic heterocycles. The molecule has 1 aromatic rings. The molecular weight excluding hydrogens is 210 g/mol. The van der Waals surface area contributed by atoms with Crippen LogP contribution in [0.5, 0.6) is 0 Å². The van der Waals surface area contributed by atoms with Crippen LogP contribution < -0.4 is 5.73 Å². The highest BCUT2D eigenvalue weighted by Gasteiger charge is 2.18. The molecule has 1 aliphatic heterocycles. The van der Waals surface area contributed by atoms with Crippen molar-refractivity contribution in [2.24, 2.45) is 5.73 Å². The lowest BCUT2D eigenvalue weighted by Crippen LogP contribution is -2.10. The van der Waals surface area contributed by atoms with Gasteiger partial charge in [-0.05, 0) is 12.8 Å². The minimum atomic E-state index is 0.246. The number of nitrogens with two attached hydrogens (primary N) is 1. The normalized spacial score (nSPS) is 20.4. The third-order valence-corrected chi connectivity index (χ3v) is 2.43. The van der Waals surface area contributed by atoms with Gasteiger partial charge in [-0.15, -0.1) is 0 Å². The van der Waals surface area contributed by atoms with E-state index in [9.17, 15) is 0 Å². The van der Waals surface area contributed by atoms with Crippen molar-refractivity contribution in [3.05, 3.63) is 11.7 Å². The van der Waals surface area contributed by atoms with Crippen molar-refractivity contribution in [3.63, 3.8) is 0 Å². The molecule has 1 saturated heterocycles. The van der Waals surface area contributed by atoms with Gasteiger partial charge in [-0.1, -0.05) is 5.16 Å². The van der Waals surface area contributed by atoms with Gasteiger partial charge in [0.05, 0.1) is 12.7 Å². The minimum absolute atomic E-state index is 0.246. The summed E-state index contributed by atoms with van der Waals surface area (Å²) in [6.07, 6.45) is 3.17. The molecule has 2 heterocycles. The monoisotopic (exact) mass is 227 g/mol. The van der Waals surface area contributed by atoms with E-state index in [-0.39, 0.29) is 6.10 Å². The number of aromatic nitrogens is 2. The maximum absolute atomic E-state index is 5.50. The first-order valence-electron chi connectivity index (χ1n) is 5.59. The Hall–Kier alpha value is -0.980. The van der Waals surface area contributed by atoms with Crippen molar-refractivity contribution >= 4 is 0 Å². The molecular formula is C10H17N3O3. The molecule has 0 saturated carbocycles. The maximum Gasteiger partial charge on any atom is 0.252 e. The van der Waals surface area contributed by atoms with E-state index >= 15 is 0 Å². The van der Waals surface area contributed by atoms with Crippen molar-refractivity contribution in [1.82, 2.24) is 10.1 Å². The Balaban J connectivity index is 1.77. The Morgan fingerprint density at radius 1 is 1.50 bits per heavy atom. The van der Waals surface area contributed by atoms with E-state index in [2.05, 4.69) is 10.1 Å². The molecule has 1 unspecified atom stereocenters. The molecule has 0 amide bonds. The molecule has 1 aliphatic rings. The molecule has 2 N–H and O–H groups in total. The van der Waals surface area contributed by atoms with Crippen molar-refractivity contribution in [2.45, 2.75) is 32.0 Å². The van der Waals surface area contributed by atoms with Gasteiger partial charge >= 0.3 is 0 Å². The Morgan fingerprint density at radius 2 is 2.44 bits per heavy atom. The van der Waals surface area contributed by atoms with Crippen LogP contribution in [0.3, 0.4) is 0 Å². The molecule has 0 bridgehead atoms. The van der Waals surface area contributed by atoms with E-state index < -0.39 is 0 Å². The molecule has 1 atom stereocenters. The average molecular weight is 227 g/mol. The fourth-order valence-electron chi connectivity index (χ4n) is 1.68. The Labute approximate surface area is 94.1 Å². The van der Waals surface area contributed by atoms with Gasteiger partial charge in [0.15, 0.2) is 5.82 Å². The average Bonchev–Trinajstić information content (AvgIpc) is 2.91. The van der Waals surface area contributed by atoms with E-state index in [1.54, 1.807) is 0 Å². The molecule has 0 aliphatic carbocycles. The van der Waals surface area contributed by atoms with Crippen LogP contribution >= 0.6 is 0 Å². The molecule has 0 radical (unpaired) electrons. The Morgan fingerprint density at radius 3 is 3.19 bits per heavy atom. The molecule has 1 fully saturated rings. The van der Waals surface area contributed by atoms with Crippen LogP contribution in [0, 0.1) is 0 Å². The van der Waals surface area contributed by atoms with Crippen molar-refractivity contribution < 1.29 is 14.0 Å². The summed E-state index contributed by atoms with van der Waals surface area (Å²) in [4.78, 5) is 4.22. The number of ether oxygens (including phenoxy) is 2. The highest BCUT2D eigenvalue weighted by Crippen LogP contribution is 2.15. The number of hydrogen-bond acceptors (Lipinski definition) is 6. The summed E-state index contributed by atoms with van der Waals surface area (Å²) in [6, 6.07) is 0. The van der Waals surface area contributed by atoms with Gasteiger partial charge in [-0.2, -0.15) is 4.98 Å². The quantitative estimate of drug-likeness (QED) is 0.702. The van der Waals surface area contributed by atoms with E-state index in [0.717, 1.165) is 25.9 Å². The van der Waals surface area contributed by atoms with E-state index in [1.165, 1.54) is 0 Å². The Bertz CT molecular complexity index is 310. The second-order valence-corrected chi connectivity index (χ2v) is 3.78. The summed E-state index contributed by atoms with van der Waals surface area (Å²) in [7, 11) is 0. The highest BCUT2D eigenvalue weighted by molar-refractivity contribution is 4.88. The fraction of sp³-hybridized carbons (Fsp3) is 0.800. The lowest BCUT2D eigenvalue weighted by molar-refractivity contribution is 0.104. The van der Waals surface area contributed by atoms with Crippen LogP contribution in [0.1, 0.15) is 24.6 Å². The van der Waals surface area contributed by atoms with Gasteiger partial charge in [0, 0.05) is 19.6 Å². The first-order valence-corrected chi connectivity index (χ1v) is 5.59. The van der Waals surface area contributed by atoms with Crippen molar-refractivity contribution in [2.75, 3.05) is 19.8 Å². The van der Waals surface area contributed by atoms with Crippen LogP contribution in [0.2, 0.25) is 0 Å². The molecule has 0 spiro atoms. The largest absolute Gasteiger partial charge is 0.378 e. The lowest BCUT2D eigenvalue weighted by Gasteiger charge is -2.03. The van der Waals surface area contributed by atoms with Crippen LogP contribution in [0.15, 0.2) is 4.52 Å². The second-order valence-electron chi connectivity index (χ2n) is 3.78. The number of nitrogens with zero attached hydrogens (tertiary/aromatic N) is 2. The van der Waals surface area contributed by atoms with Crippen LogP contribution in [0.4, 0.5) is 0 Å². The smallest absolute Gasteiger partial charge is 0.252 e. The highest BCUT2D eigenvalue weighted by atomic mass is 16.5. The zero-order valence-corrected chi connectivity index (χ0v) is 9.22. The lowest BCUT2D eigenvalue weighted by atomic mass is 10.2. The third kappa shape index (κ3) is 3.26. The van der Waals surface area contributed by atoms with Gasteiger partial charge in [0.1, 0.15) is 6.61 Å². The SMILES string of the molecule is NCCOCc1nc(CC2CCCO2)no1. The van der Waals surface area contributed by atoms with Crippen molar-refractivity contribution in [3.8, 4) is 0 Å². The van der Waals surface area contributed by atoms with Crippen LogP contribution in [-0.4, -0.2) is 36.0 Å². The summed E-state index contributed by atoms with van der Waals surface area (Å²) in [5.74, 6) is 1.19. The van der Waals surface area contributed by atoms with Crippen LogP contribution in [-0.2, 0) is 22.5 Å². The molecule has 2 rings (SSSR count). The number of rotatable bonds is 6. The van der Waals surface area contributed by atoms with E-state index in [4.69, 9.17) is 19.7 Å². The van der Waals surface area contributed by atoms with Gasteiger partial charge in [0.25, 0.3) is 5.89 Å². The van der Waals surface area contributed by atoms with E-state index in [1.807, 2.05) is 0 Å². The van der Waals surface area contributed by atoms with Gasteiger partial charge in [-0.25, -0.2) is 0 Å². The van der Waals surface area contributed by atoms with Gasteiger partial charge in [-0.3, -0.25) is 0 Å². The zero-order valence-electron chi connectivity index (χ0n) is 9.22.